The summed E-state index contributed by atoms with van der Waals surface area (Å²) >= 11 is 0. The molecule has 1 aliphatic heterocycles. The van der Waals surface area contributed by atoms with Crippen LogP contribution in [-0.4, -0.2) is 63.6 Å². The molecule has 24 heavy (non-hydrogen) atoms. The van der Waals surface area contributed by atoms with Gasteiger partial charge in [-0.1, -0.05) is 0 Å². The van der Waals surface area contributed by atoms with Gasteiger partial charge in [0.1, 0.15) is 0 Å². The molecule has 0 bridgehead atoms. The molecule has 1 aromatic carbocycles. The molecular weight excluding hydrogens is 321 g/mol. The number of imidazole rings is 1. The first-order valence-corrected chi connectivity index (χ1v) is 7.79. The van der Waals surface area contributed by atoms with E-state index in [9.17, 15) is 18.0 Å². The average molecular weight is 340 g/mol. The van der Waals surface area contributed by atoms with Gasteiger partial charge in [0, 0.05) is 30.7 Å². The summed E-state index contributed by atoms with van der Waals surface area (Å²) < 4.78 is 38.1. The fourth-order valence-electron chi connectivity index (χ4n) is 3.29. The van der Waals surface area contributed by atoms with Crippen molar-refractivity contribution in [3.05, 3.63) is 30.1 Å². The summed E-state index contributed by atoms with van der Waals surface area (Å²) in [5.41, 5.74) is 2.04. The van der Waals surface area contributed by atoms with Crippen molar-refractivity contribution in [2.75, 3.05) is 19.6 Å². The van der Waals surface area contributed by atoms with Gasteiger partial charge in [-0.15, -0.1) is 0 Å². The molecule has 2 heterocycles. The zero-order valence-electron chi connectivity index (χ0n) is 13.5. The van der Waals surface area contributed by atoms with Crippen molar-refractivity contribution in [2.24, 2.45) is 0 Å². The largest absolute Gasteiger partial charge is 0.401 e. The third-order valence-corrected chi connectivity index (χ3v) is 4.42. The number of piperazine rings is 1. The Labute approximate surface area is 137 Å². The van der Waals surface area contributed by atoms with Crippen molar-refractivity contribution in [2.45, 2.75) is 32.1 Å². The minimum Gasteiger partial charge on any atom is -0.345 e. The molecule has 0 radical (unpaired) electrons. The first-order valence-electron chi connectivity index (χ1n) is 7.79. The predicted molar refractivity (Wildman–Crippen MR) is 83.7 cm³/mol. The lowest BCUT2D eigenvalue weighted by molar-refractivity contribution is -0.160. The number of amides is 1. The number of alkyl halides is 3. The van der Waals surface area contributed by atoms with Crippen LogP contribution in [0.4, 0.5) is 13.2 Å². The first kappa shape index (κ1) is 16.8. The van der Waals surface area contributed by atoms with Gasteiger partial charge < -0.3 is 9.88 Å². The van der Waals surface area contributed by atoms with Gasteiger partial charge in [-0.2, -0.15) is 13.2 Å². The Bertz CT molecular complexity index is 730. The maximum Gasteiger partial charge on any atom is 0.401 e. The van der Waals surface area contributed by atoms with Crippen molar-refractivity contribution in [3.8, 4) is 0 Å². The van der Waals surface area contributed by atoms with Crippen LogP contribution in [0, 0.1) is 0 Å². The van der Waals surface area contributed by atoms with Gasteiger partial charge in [-0.3, -0.25) is 9.69 Å². The molecular formula is C16H19F3N4O. The van der Waals surface area contributed by atoms with E-state index in [0.717, 1.165) is 11.0 Å². The molecule has 3 rings (SSSR count). The van der Waals surface area contributed by atoms with Crippen molar-refractivity contribution < 1.29 is 18.0 Å². The number of aromatic amines is 1. The van der Waals surface area contributed by atoms with Crippen molar-refractivity contribution in [3.63, 3.8) is 0 Å². The maximum atomic E-state index is 12.7. The second-order valence-corrected chi connectivity index (χ2v) is 6.33. The molecule has 1 amide bonds. The smallest absolute Gasteiger partial charge is 0.345 e. The number of carbonyl (C=O) groups is 1. The van der Waals surface area contributed by atoms with Gasteiger partial charge in [0.25, 0.3) is 5.91 Å². The van der Waals surface area contributed by atoms with Crippen molar-refractivity contribution in [1.29, 1.82) is 0 Å². The Morgan fingerprint density at radius 3 is 2.58 bits per heavy atom. The van der Waals surface area contributed by atoms with Crippen LogP contribution in [0.25, 0.3) is 11.0 Å². The van der Waals surface area contributed by atoms with E-state index in [0.29, 0.717) is 5.56 Å². The molecule has 1 fully saturated rings. The highest BCUT2D eigenvalue weighted by molar-refractivity contribution is 5.97. The highest BCUT2D eigenvalue weighted by atomic mass is 19.4. The van der Waals surface area contributed by atoms with Crippen LogP contribution < -0.4 is 0 Å². The van der Waals surface area contributed by atoms with Gasteiger partial charge in [0.2, 0.25) is 0 Å². The lowest BCUT2D eigenvalue weighted by Crippen LogP contribution is -2.59. The molecule has 0 aliphatic carbocycles. The zero-order valence-corrected chi connectivity index (χ0v) is 13.5. The molecule has 1 aromatic heterocycles. The summed E-state index contributed by atoms with van der Waals surface area (Å²) in [5.74, 6) is -0.170. The molecule has 5 nitrogen and oxygen atoms in total. The Morgan fingerprint density at radius 2 is 1.96 bits per heavy atom. The molecule has 2 atom stereocenters. The number of halogens is 3. The molecule has 0 spiro atoms. The SMILES string of the molecule is C[C@@H]1CN(C(=O)c2ccc3nc[nH]c3c2)C[C@H](C)N1CC(F)(F)F. The highest BCUT2D eigenvalue weighted by Gasteiger charge is 2.39. The summed E-state index contributed by atoms with van der Waals surface area (Å²) in [6.45, 7) is 3.05. The maximum absolute atomic E-state index is 12.7. The molecule has 130 valence electrons. The van der Waals surface area contributed by atoms with E-state index in [2.05, 4.69) is 9.97 Å². The van der Waals surface area contributed by atoms with Crippen LogP contribution in [0.2, 0.25) is 0 Å². The van der Waals surface area contributed by atoms with Gasteiger partial charge in [-0.25, -0.2) is 4.98 Å². The number of nitrogens with one attached hydrogen (secondary N) is 1. The number of H-pyrrole nitrogens is 1. The predicted octanol–water partition coefficient (Wildman–Crippen LogP) is 2.66. The van der Waals surface area contributed by atoms with Crippen LogP contribution in [0.15, 0.2) is 24.5 Å². The monoisotopic (exact) mass is 340 g/mol. The van der Waals surface area contributed by atoms with Crippen LogP contribution in [0.3, 0.4) is 0 Å². The van der Waals surface area contributed by atoms with E-state index < -0.39 is 12.7 Å². The molecule has 1 saturated heterocycles. The summed E-state index contributed by atoms with van der Waals surface area (Å²) in [7, 11) is 0. The number of carbonyl (C=O) groups excluding carboxylic acids is 1. The molecule has 1 N–H and O–H groups in total. The molecule has 0 saturated carbocycles. The molecule has 1 aliphatic rings. The first-order chi connectivity index (χ1) is 11.2. The van der Waals surface area contributed by atoms with Gasteiger partial charge in [-0.05, 0) is 32.0 Å². The van der Waals surface area contributed by atoms with E-state index in [4.69, 9.17) is 0 Å². The fourth-order valence-corrected chi connectivity index (χ4v) is 3.29. The molecule has 2 aromatic rings. The van der Waals surface area contributed by atoms with Crippen LogP contribution in [-0.2, 0) is 0 Å². The van der Waals surface area contributed by atoms with Crippen LogP contribution >= 0.6 is 0 Å². The van der Waals surface area contributed by atoms with E-state index in [1.165, 1.54) is 4.90 Å². The minimum atomic E-state index is -4.24. The van der Waals surface area contributed by atoms with Gasteiger partial charge in [0.05, 0.1) is 23.9 Å². The highest BCUT2D eigenvalue weighted by Crippen LogP contribution is 2.24. The minimum absolute atomic E-state index is 0.170. The lowest BCUT2D eigenvalue weighted by Gasteiger charge is -2.44. The van der Waals surface area contributed by atoms with Crippen LogP contribution in [0.5, 0.6) is 0 Å². The molecule has 0 unspecified atom stereocenters. The zero-order chi connectivity index (χ0) is 17.5. The second-order valence-electron chi connectivity index (χ2n) is 6.33. The lowest BCUT2D eigenvalue weighted by atomic mass is 10.1. The van der Waals surface area contributed by atoms with Crippen LogP contribution in [0.1, 0.15) is 24.2 Å². The third-order valence-electron chi connectivity index (χ3n) is 4.42. The quantitative estimate of drug-likeness (QED) is 0.914. The number of benzene rings is 1. The Morgan fingerprint density at radius 1 is 1.29 bits per heavy atom. The normalized spacial score (nSPS) is 23.0. The standard InChI is InChI=1S/C16H19F3N4O/c1-10-6-22(7-11(2)23(10)8-16(17,18)19)15(24)12-3-4-13-14(5-12)21-9-20-13/h3-5,9-11H,6-8H2,1-2H3,(H,20,21)/t10-,11+. The summed E-state index contributed by atoms with van der Waals surface area (Å²) in [6, 6.07) is 4.47. The summed E-state index contributed by atoms with van der Waals surface area (Å²) in [6.07, 6.45) is -2.68. The molecule has 8 heteroatoms. The van der Waals surface area contributed by atoms with Crippen molar-refractivity contribution in [1.82, 2.24) is 19.8 Å². The number of aromatic nitrogens is 2. The van der Waals surface area contributed by atoms with Crippen molar-refractivity contribution >= 4 is 16.9 Å². The van der Waals surface area contributed by atoms with E-state index >= 15 is 0 Å². The Hall–Kier alpha value is -2.09. The third kappa shape index (κ3) is 3.38. The second kappa shape index (κ2) is 6.08. The van der Waals surface area contributed by atoms with Gasteiger partial charge >= 0.3 is 6.18 Å². The number of rotatable bonds is 2. The average Bonchev–Trinajstić information content (AvgIpc) is 2.96. The fraction of sp³-hybridized carbons (Fsp3) is 0.500. The Balaban J connectivity index is 1.75. The number of hydrogen-bond donors (Lipinski definition) is 1. The Kier molecular flexibility index (Phi) is 4.25. The number of fused-ring (bicyclic) bond motifs is 1. The number of hydrogen-bond acceptors (Lipinski definition) is 3. The summed E-state index contributed by atoms with van der Waals surface area (Å²) in [5, 5.41) is 0. The van der Waals surface area contributed by atoms with E-state index in [1.807, 2.05) is 0 Å². The van der Waals surface area contributed by atoms with Gasteiger partial charge in [0.15, 0.2) is 0 Å². The van der Waals surface area contributed by atoms with E-state index in [1.54, 1.807) is 43.3 Å². The summed E-state index contributed by atoms with van der Waals surface area (Å²) in [4.78, 5) is 22.8. The topological polar surface area (TPSA) is 52.2 Å². The van der Waals surface area contributed by atoms with E-state index in [-0.39, 0.29) is 31.1 Å². The number of nitrogens with zero attached hydrogens (tertiary/aromatic N) is 3.